The van der Waals surface area contributed by atoms with Crippen molar-refractivity contribution in [3.8, 4) is 0 Å². The van der Waals surface area contributed by atoms with Crippen molar-refractivity contribution < 1.29 is 13.0 Å². The monoisotopic (exact) mass is 344 g/mol. The van der Waals surface area contributed by atoms with Gasteiger partial charge in [-0.15, -0.1) is 0 Å². The maximum absolute atomic E-state index is 10.8. The van der Waals surface area contributed by atoms with E-state index in [1.807, 2.05) is 24.3 Å². The average Bonchev–Trinajstić information content (AvgIpc) is 2.37. The van der Waals surface area contributed by atoms with Crippen molar-refractivity contribution in [2.24, 2.45) is 5.41 Å². The van der Waals surface area contributed by atoms with E-state index in [0.29, 0.717) is 11.4 Å². The highest BCUT2D eigenvalue weighted by atomic mass is 35.5. The molecule has 1 N–H and O–H groups in total. The van der Waals surface area contributed by atoms with Crippen LogP contribution in [0.4, 0.5) is 0 Å². The zero-order chi connectivity index (χ0) is 16.8. The molecule has 0 radical (unpaired) electrons. The van der Waals surface area contributed by atoms with Crippen LogP contribution in [-0.2, 0) is 10.1 Å². The van der Waals surface area contributed by atoms with Gasteiger partial charge in [-0.1, -0.05) is 63.1 Å². The zero-order valence-corrected chi connectivity index (χ0v) is 15.0. The summed E-state index contributed by atoms with van der Waals surface area (Å²) < 4.78 is 30.3. The van der Waals surface area contributed by atoms with Gasteiger partial charge in [0.05, 0.1) is 5.75 Å². The third-order valence-electron chi connectivity index (χ3n) is 3.29. The Bertz CT molecular complexity index is 583. The molecule has 0 amide bonds. The van der Waals surface area contributed by atoms with Crippen LogP contribution in [0.1, 0.15) is 51.5 Å². The molecule has 124 valence electrons. The van der Waals surface area contributed by atoms with E-state index in [9.17, 15) is 8.42 Å². The molecule has 0 saturated carbocycles. The highest BCUT2D eigenvalue weighted by molar-refractivity contribution is 7.85. The van der Waals surface area contributed by atoms with Crippen LogP contribution >= 0.6 is 11.6 Å². The van der Waals surface area contributed by atoms with Gasteiger partial charge in [0.2, 0.25) is 0 Å². The van der Waals surface area contributed by atoms with Crippen molar-refractivity contribution in [1.29, 1.82) is 0 Å². The summed E-state index contributed by atoms with van der Waals surface area (Å²) in [5.41, 5.74) is 1.26. The molecule has 0 bridgehead atoms. The van der Waals surface area contributed by atoms with Gasteiger partial charge in [0.25, 0.3) is 10.1 Å². The second-order valence-corrected chi connectivity index (χ2v) is 8.67. The Labute approximate surface area is 139 Å². The second kappa shape index (κ2) is 8.14. The van der Waals surface area contributed by atoms with Crippen molar-refractivity contribution in [2.75, 3.05) is 5.75 Å². The molecule has 1 aromatic rings. The minimum absolute atomic E-state index is 0.0963. The van der Waals surface area contributed by atoms with Crippen molar-refractivity contribution in [1.82, 2.24) is 0 Å². The second-order valence-electron chi connectivity index (χ2n) is 6.67. The van der Waals surface area contributed by atoms with Crippen LogP contribution in [-0.4, -0.2) is 18.7 Å². The molecule has 0 aliphatic rings. The molecular weight excluding hydrogens is 320 g/mol. The fourth-order valence-electron chi connectivity index (χ4n) is 2.14. The van der Waals surface area contributed by atoms with Crippen LogP contribution in [0, 0.1) is 5.41 Å². The molecule has 1 atom stereocenters. The summed E-state index contributed by atoms with van der Waals surface area (Å²) in [6.07, 6.45) is 6.39. The standard InChI is InChI=1S/C17H25ClO3S/c1-17(2,3)12-11-14(6-4-5-13-22(19,20)21)15-7-9-16(18)10-8-15/h7-12,14H,4-6,13H2,1-3H3,(H,19,20,21)/b12-11+/t14-/m0/s1. The predicted molar refractivity (Wildman–Crippen MR) is 93.1 cm³/mol. The molecule has 0 spiro atoms. The van der Waals surface area contributed by atoms with E-state index < -0.39 is 10.1 Å². The summed E-state index contributed by atoms with van der Waals surface area (Å²) in [6.45, 7) is 6.42. The van der Waals surface area contributed by atoms with E-state index in [2.05, 4.69) is 32.9 Å². The van der Waals surface area contributed by atoms with Crippen LogP contribution in [0.15, 0.2) is 36.4 Å². The maximum Gasteiger partial charge on any atom is 0.264 e. The number of benzene rings is 1. The first-order valence-electron chi connectivity index (χ1n) is 7.47. The lowest BCUT2D eigenvalue weighted by Gasteiger charge is -2.17. The quantitative estimate of drug-likeness (QED) is 0.426. The lowest BCUT2D eigenvalue weighted by Crippen LogP contribution is -2.05. The number of unbranched alkanes of at least 4 members (excludes halogenated alkanes) is 1. The molecule has 0 aliphatic heterocycles. The van der Waals surface area contributed by atoms with Gasteiger partial charge in [0.15, 0.2) is 0 Å². The molecule has 3 nitrogen and oxygen atoms in total. The molecule has 0 heterocycles. The molecule has 0 saturated heterocycles. The van der Waals surface area contributed by atoms with E-state index in [4.69, 9.17) is 16.2 Å². The van der Waals surface area contributed by atoms with Crippen LogP contribution in [0.3, 0.4) is 0 Å². The van der Waals surface area contributed by atoms with Gasteiger partial charge in [0.1, 0.15) is 0 Å². The molecule has 1 aromatic carbocycles. The van der Waals surface area contributed by atoms with E-state index >= 15 is 0 Å². The van der Waals surface area contributed by atoms with Crippen LogP contribution in [0.2, 0.25) is 5.02 Å². The van der Waals surface area contributed by atoms with E-state index in [1.54, 1.807) is 0 Å². The van der Waals surface area contributed by atoms with E-state index in [0.717, 1.165) is 18.4 Å². The van der Waals surface area contributed by atoms with E-state index in [-0.39, 0.29) is 17.1 Å². The largest absolute Gasteiger partial charge is 0.286 e. The normalized spacial score (nSPS) is 14.4. The molecule has 0 unspecified atom stereocenters. The van der Waals surface area contributed by atoms with Crippen molar-refractivity contribution >= 4 is 21.7 Å². The lowest BCUT2D eigenvalue weighted by atomic mass is 9.89. The molecule has 0 aromatic heterocycles. The maximum atomic E-state index is 10.8. The average molecular weight is 345 g/mol. The summed E-state index contributed by atoms with van der Waals surface area (Å²) >= 11 is 5.93. The Morgan fingerprint density at radius 2 is 1.77 bits per heavy atom. The van der Waals surface area contributed by atoms with E-state index in [1.165, 1.54) is 0 Å². The highest BCUT2D eigenvalue weighted by Gasteiger charge is 2.12. The van der Waals surface area contributed by atoms with Crippen molar-refractivity contribution in [3.63, 3.8) is 0 Å². The summed E-state index contributed by atoms with van der Waals surface area (Å²) in [5.74, 6) is 0.0430. The van der Waals surface area contributed by atoms with Crippen LogP contribution in [0.25, 0.3) is 0 Å². The SMILES string of the molecule is CC(C)(C)/C=C/[C@H](CCCCS(=O)(=O)O)c1ccc(Cl)cc1. The van der Waals surface area contributed by atoms with Gasteiger partial charge >= 0.3 is 0 Å². The molecule has 1 rings (SSSR count). The molecule has 0 fully saturated rings. The Morgan fingerprint density at radius 3 is 2.27 bits per heavy atom. The Hall–Kier alpha value is -0.840. The first kappa shape index (κ1) is 19.2. The van der Waals surface area contributed by atoms with Gasteiger partial charge in [-0.25, -0.2) is 0 Å². The lowest BCUT2D eigenvalue weighted by molar-refractivity contribution is 0.479. The topological polar surface area (TPSA) is 54.4 Å². The third-order valence-corrected chi connectivity index (χ3v) is 4.35. The Kier molecular flexibility index (Phi) is 7.10. The van der Waals surface area contributed by atoms with Gasteiger partial charge in [-0.05, 0) is 36.0 Å². The number of hydrogen-bond donors (Lipinski definition) is 1. The Balaban J connectivity index is 2.74. The van der Waals surface area contributed by atoms with Gasteiger partial charge in [-0.3, -0.25) is 4.55 Å². The fraction of sp³-hybridized carbons (Fsp3) is 0.529. The molecule has 5 heteroatoms. The predicted octanol–water partition coefficient (Wildman–Crippen LogP) is 5.08. The molecular formula is C17H25ClO3S. The van der Waals surface area contributed by atoms with Crippen LogP contribution in [0.5, 0.6) is 0 Å². The van der Waals surface area contributed by atoms with Crippen molar-refractivity contribution in [2.45, 2.75) is 46.0 Å². The summed E-state index contributed by atoms with van der Waals surface area (Å²) in [4.78, 5) is 0. The summed E-state index contributed by atoms with van der Waals surface area (Å²) in [6, 6.07) is 7.74. The highest BCUT2D eigenvalue weighted by Crippen LogP contribution is 2.27. The summed E-state index contributed by atoms with van der Waals surface area (Å²) in [7, 11) is -3.86. The number of halogens is 1. The third kappa shape index (κ3) is 8.57. The smallest absolute Gasteiger partial charge is 0.264 e. The minimum Gasteiger partial charge on any atom is -0.286 e. The number of allylic oxidation sites excluding steroid dienone is 2. The van der Waals surface area contributed by atoms with Crippen LogP contribution < -0.4 is 0 Å². The molecule has 0 aliphatic carbocycles. The molecule has 22 heavy (non-hydrogen) atoms. The Morgan fingerprint density at radius 1 is 1.18 bits per heavy atom. The zero-order valence-electron chi connectivity index (χ0n) is 13.4. The van der Waals surface area contributed by atoms with Gasteiger partial charge in [0, 0.05) is 10.9 Å². The number of rotatable bonds is 7. The fourth-order valence-corrected chi connectivity index (χ4v) is 2.83. The summed E-state index contributed by atoms with van der Waals surface area (Å²) in [5, 5.41) is 0.702. The number of hydrogen-bond acceptors (Lipinski definition) is 2. The first-order chi connectivity index (χ1) is 10.1. The first-order valence-corrected chi connectivity index (χ1v) is 9.45. The van der Waals surface area contributed by atoms with Gasteiger partial charge < -0.3 is 0 Å². The van der Waals surface area contributed by atoms with Gasteiger partial charge in [-0.2, -0.15) is 8.42 Å². The van der Waals surface area contributed by atoms with Crippen molar-refractivity contribution in [3.05, 3.63) is 47.0 Å². The minimum atomic E-state index is -3.86.